The molecule has 0 saturated carbocycles. The first-order valence-electron chi connectivity index (χ1n) is 9.72. The van der Waals surface area contributed by atoms with Crippen LogP contribution in [0, 0.1) is 0 Å². The SMILES string of the molecule is O=c1c(C=C2C=Nc3ccccc32)c(O)n(-c2ccccc2)c(=O)n1-c1ccccc1. The van der Waals surface area contributed by atoms with Crippen LogP contribution in [0.3, 0.4) is 0 Å². The van der Waals surface area contributed by atoms with Gasteiger partial charge in [0.15, 0.2) is 0 Å². The first-order chi connectivity index (χ1) is 15.1. The Morgan fingerprint density at radius 2 is 1.32 bits per heavy atom. The average Bonchev–Trinajstić information content (AvgIpc) is 3.21. The van der Waals surface area contributed by atoms with Gasteiger partial charge in [-0.3, -0.25) is 9.79 Å². The smallest absolute Gasteiger partial charge is 0.343 e. The largest absolute Gasteiger partial charge is 0.494 e. The van der Waals surface area contributed by atoms with E-state index in [1.807, 2.05) is 30.3 Å². The van der Waals surface area contributed by atoms with Crippen LogP contribution in [0.15, 0.2) is 99.5 Å². The summed E-state index contributed by atoms with van der Waals surface area (Å²) in [5.74, 6) is -0.418. The van der Waals surface area contributed by atoms with Crippen molar-refractivity contribution in [1.29, 1.82) is 0 Å². The van der Waals surface area contributed by atoms with Crippen molar-refractivity contribution >= 4 is 23.6 Å². The number of nitrogens with zero attached hydrogens (tertiary/aromatic N) is 3. The Morgan fingerprint density at radius 3 is 2.00 bits per heavy atom. The lowest BCUT2D eigenvalue weighted by Crippen LogP contribution is -2.39. The highest BCUT2D eigenvalue weighted by molar-refractivity contribution is 6.21. The Kier molecular flexibility index (Phi) is 4.45. The van der Waals surface area contributed by atoms with Crippen LogP contribution in [-0.4, -0.2) is 20.5 Å². The quantitative estimate of drug-likeness (QED) is 0.559. The van der Waals surface area contributed by atoms with Gasteiger partial charge in [-0.15, -0.1) is 0 Å². The second-order valence-corrected chi connectivity index (χ2v) is 7.04. The highest BCUT2D eigenvalue weighted by atomic mass is 16.3. The molecule has 3 aromatic carbocycles. The standard InChI is InChI=1S/C25H17N3O3/c29-23-21(15-17-16-26-22-14-8-7-13-20(17)22)24(30)28(19-11-5-2-6-12-19)25(31)27(23)18-9-3-1-4-10-18/h1-16,29H. The minimum Gasteiger partial charge on any atom is -0.494 e. The van der Waals surface area contributed by atoms with E-state index in [1.54, 1.807) is 66.9 Å². The number of benzene rings is 3. The van der Waals surface area contributed by atoms with Crippen molar-refractivity contribution in [3.8, 4) is 17.3 Å². The third kappa shape index (κ3) is 3.11. The monoisotopic (exact) mass is 407 g/mol. The van der Waals surface area contributed by atoms with E-state index in [0.717, 1.165) is 20.4 Å². The van der Waals surface area contributed by atoms with Crippen LogP contribution in [-0.2, 0) is 0 Å². The molecule has 2 heterocycles. The van der Waals surface area contributed by atoms with Gasteiger partial charge in [0, 0.05) is 17.4 Å². The Balaban J connectivity index is 1.84. The van der Waals surface area contributed by atoms with E-state index in [1.165, 1.54) is 0 Å². The van der Waals surface area contributed by atoms with E-state index < -0.39 is 17.1 Å². The van der Waals surface area contributed by atoms with Crippen molar-refractivity contribution in [3.63, 3.8) is 0 Å². The molecule has 5 rings (SSSR count). The first kappa shape index (κ1) is 18.6. The van der Waals surface area contributed by atoms with Gasteiger partial charge in [-0.2, -0.15) is 0 Å². The van der Waals surface area contributed by atoms with Gasteiger partial charge in [-0.05, 0) is 36.4 Å². The molecule has 1 aliphatic heterocycles. The molecule has 0 saturated heterocycles. The number of para-hydroxylation sites is 3. The number of aromatic hydroxyl groups is 1. The van der Waals surface area contributed by atoms with E-state index in [-0.39, 0.29) is 5.56 Å². The Bertz CT molecular complexity index is 1460. The third-order valence-corrected chi connectivity index (χ3v) is 5.16. The van der Waals surface area contributed by atoms with Gasteiger partial charge in [0.2, 0.25) is 5.88 Å². The molecule has 0 spiro atoms. The number of rotatable bonds is 3. The fourth-order valence-electron chi connectivity index (χ4n) is 3.66. The minimum atomic E-state index is -0.650. The Hall–Kier alpha value is -4.45. The highest BCUT2D eigenvalue weighted by Gasteiger charge is 2.21. The van der Waals surface area contributed by atoms with Crippen LogP contribution in [0.25, 0.3) is 23.0 Å². The zero-order valence-corrected chi connectivity index (χ0v) is 16.3. The number of allylic oxidation sites excluding steroid dienone is 1. The van der Waals surface area contributed by atoms with Crippen LogP contribution < -0.4 is 11.2 Å². The molecule has 0 aliphatic carbocycles. The molecule has 150 valence electrons. The normalized spacial score (nSPS) is 13.5. The molecule has 0 fully saturated rings. The molecular weight excluding hydrogens is 390 g/mol. The molecule has 6 nitrogen and oxygen atoms in total. The van der Waals surface area contributed by atoms with Crippen molar-refractivity contribution in [2.24, 2.45) is 4.99 Å². The second kappa shape index (κ2) is 7.42. The average molecular weight is 407 g/mol. The van der Waals surface area contributed by atoms with Crippen molar-refractivity contribution in [1.82, 2.24) is 9.13 Å². The minimum absolute atomic E-state index is 0.00505. The summed E-state index contributed by atoms with van der Waals surface area (Å²) >= 11 is 0. The third-order valence-electron chi connectivity index (χ3n) is 5.16. The van der Waals surface area contributed by atoms with Crippen molar-refractivity contribution in [3.05, 3.63) is 117 Å². The van der Waals surface area contributed by atoms with Crippen molar-refractivity contribution in [2.45, 2.75) is 0 Å². The number of fused-ring (bicyclic) bond motifs is 1. The molecule has 1 N–H and O–H groups in total. The summed E-state index contributed by atoms with van der Waals surface area (Å²) in [4.78, 5) is 31.1. The lowest BCUT2D eigenvalue weighted by molar-refractivity contribution is 0.426. The lowest BCUT2D eigenvalue weighted by Gasteiger charge is -2.15. The number of aromatic nitrogens is 2. The van der Waals surface area contributed by atoms with E-state index in [4.69, 9.17) is 0 Å². The van der Waals surface area contributed by atoms with Gasteiger partial charge in [-0.25, -0.2) is 13.9 Å². The van der Waals surface area contributed by atoms with Crippen LogP contribution in [0.1, 0.15) is 11.1 Å². The highest BCUT2D eigenvalue weighted by Crippen LogP contribution is 2.33. The molecule has 1 aromatic heterocycles. The second-order valence-electron chi connectivity index (χ2n) is 7.04. The molecule has 0 amide bonds. The molecule has 0 bridgehead atoms. The van der Waals surface area contributed by atoms with Crippen molar-refractivity contribution in [2.75, 3.05) is 0 Å². The maximum Gasteiger partial charge on any atom is 0.343 e. The van der Waals surface area contributed by atoms with Gasteiger partial charge < -0.3 is 5.11 Å². The molecule has 4 aromatic rings. The zero-order valence-electron chi connectivity index (χ0n) is 16.3. The van der Waals surface area contributed by atoms with Crippen LogP contribution >= 0.6 is 0 Å². The summed E-state index contributed by atoms with van der Waals surface area (Å²) in [5, 5.41) is 11.0. The van der Waals surface area contributed by atoms with E-state index in [2.05, 4.69) is 4.99 Å². The van der Waals surface area contributed by atoms with Crippen molar-refractivity contribution < 1.29 is 5.11 Å². The molecule has 0 unspecified atom stereocenters. The summed E-state index contributed by atoms with van der Waals surface area (Å²) < 4.78 is 2.20. The molecule has 31 heavy (non-hydrogen) atoms. The van der Waals surface area contributed by atoms with Gasteiger partial charge in [0.25, 0.3) is 5.56 Å². The Labute approximate surface area is 177 Å². The molecule has 6 heteroatoms. The predicted molar refractivity (Wildman–Crippen MR) is 122 cm³/mol. The van der Waals surface area contributed by atoms with Crippen LogP contribution in [0.2, 0.25) is 0 Å². The molecule has 1 aliphatic rings. The summed E-state index contributed by atoms with van der Waals surface area (Å²) in [5.41, 5.74) is 1.94. The fraction of sp³-hybridized carbons (Fsp3) is 0. The molecular formula is C25H17N3O3. The summed E-state index contributed by atoms with van der Waals surface area (Å²) in [6.07, 6.45) is 3.22. The van der Waals surface area contributed by atoms with E-state index >= 15 is 0 Å². The number of hydrogen-bond acceptors (Lipinski definition) is 4. The fourth-order valence-corrected chi connectivity index (χ4v) is 3.66. The van der Waals surface area contributed by atoms with Crippen LogP contribution in [0.5, 0.6) is 5.88 Å². The van der Waals surface area contributed by atoms with Gasteiger partial charge >= 0.3 is 5.69 Å². The lowest BCUT2D eigenvalue weighted by atomic mass is 10.1. The first-order valence-corrected chi connectivity index (χ1v) is 9.72. The van der Waals surface area contributed by atoms with Crippen LogP contribution in [0.4, 0.5) is 5.69 Å². The maximum absolute atomic E-state index is 13.4. The van der Waals surface area contributed by atoms with Gasteiger partial charge in [0.1, 0.15) is 5.56 Å². The zero-order chi connectivity index (χ0) is 21.4. The van der Waals surface area contributed by atoms with E-state index in [9.17, 15) is 14.7 Å². The van der Waals surface area contributed by atoms with Gasteiger partial charge in [0.05, 0.1) is 17.1 Å². The summed E-state index contributed by atoms with van der Waals surface area (Å²) in [7, 11) is 0. The number of hydrogen-bond donors (Lipinski definition) is 1. The van der Waals surface area contributed by atoms with E-state index in [0.29, 0.717) is 16.9 Å². The van der Waals surface area contributed by atoms with Gasteiger partial charge in [-0.1, -0.05) is 54.6 Å². The predicted octanol–water partition coefficient (Wildman–Crippen LogP) is 3.95. The Morgan fingerprint density at radius 1 is 0.742 bits per heavy atom. The topological polar surface area (TPSA) is 76.6 Å². The number of aliphatic imine (C=N–C) groups is 1. The molecule has 0 atom stereocenters. The summed E-state index contributed by atoms with van der Waals surface area (Å²) in [6, 6.07) is 24.9. The maximum atomic E-state index is 13.4. The summed E-state index contributed by atoms with van der Waals surface area (Å²) in [6.45, 7) is 0. The molecule has 0 radical (unpaired) electrons.